The van der Waals surface area contributed by atoms with Gasteiger partial charge in [0.15, 0.2) is 0 Å². The van der Waals surface area contributed by atoms with Crippen LogP contribution in [-0.4, -0.2) is 13.6 Å². The molecule has 1 aliphatic carbocycles. The van der Waals surface area contributed by atoms with Crippen molar-refractivity contribution in [2.24, 2.45) is 17.6 Å². The van der Waals surface area contributed by atoms with Crippen molar-refractivity contribution in [2.75, 3.05) is 18.5 Å². The van der Waals surface area contributed by atoms with Crippen LogP contribution in [0.15, 0.2) is 18.2 Å². The van der Waals surface area contributed by atoms with E-state index in [1.165, 1.54) is 12.5 Å². The lowest BCUT2D eigenvalue weighted by Crippen LogP contribution is -2.24. The average molecular weight is 236 g/mol. The standard InChI is InChI=1S/C14H21FN2/c1-9-7-11(9)8-17(3)14-12(10(2)16)5-4-6-13(14)15/h4-6,9-11H,7-8,16H2,1-3H3/t9?,10-,11?/m0/s1. The molecular formula is C14H21FN2. The Balaban J connectivity index is 2.23. The smallest absolute Gasteiger partial charge is 0.146 e. The van der Waals surface area contributed by atoms with Gasteiger partial charge < -0.3 is 10.6 Å². The SMILES string of the molecule is CC1CC1CN(C)c1c(F)cccc1[C@H](C)N. The molecule has 0 aliphatic heterocycles. The quantitative estimate of drug-likeness (QED) is 0.871. The lowest BCUT2D eigenvalue weighted by molar-refractivity contribution is 0.610. The van der Waals surface area contributed by atoms with Gasteiger partial charge in [-0.05, 0) is 36.8 Å². The number of nitrogens with zero attached hydrogens (tertiary/aromatic N) is 1. The third-order valence-electron chi connectivity index (χ3n) is 3.67. The zero-order chi connectivity index (χ0) is 12.6. The van der Waals surface area contributed by atoms with Gasteiger partial charge in [-0.2, -0.15) is 0 Å². The minimum absolute atomic E-state index is 0.139. The van der Waals surface area contributed by atoms with Gasteiger partial charge in [-0.25, -0.2) is 4.39 Å². The summed E-state index contributed by atoms with van der Waals surface area (Å²) in [6, 6.07) is 5.01. The van der Waals surface area contributed by atoms with Crippen LogP contribution in [0.25, 0.3) is 0 Å². The van der Waals surface area contributed by atoms with Crippen molar-refractivity contribution in [2.45, 2.75) is 26.3 Å². The molecule has 1 saturated carbocycles. The van der Waals surface area contributed by atoms with Crippen LogP contribution < -0.4 is 10.6 Å². The van der Waals surface area contributed by atoms with Gasteiger partial charge in [0.05, 0.1) is 5.69 Å². The summed E-state index contributed by atoms with van der Waals surface area (Å²) in [5, 5.41) is 0. The maximum atomic E-state index is 13.9. The van der Waals surface area contributed by atoms with Gasteiger partial charge in [0.2, 0.25) is 0 Å². The van der Waals surface area contributed by atoms with E-state index < -0.39 is 0 Å². The molecule has 1 aliphatic rings. The van der Waals surface area contributed by atoms with E-state index in [0.29, 0.717) is 11.6 Å². The molecule has 2 N–H and O–H groups in total. The van der Waals surface area contributed by atoms with Crippen LogP contribution in [-0.2, 0) is 0 Å². The molecule has 17 heavy (non-hydrogen) atoms. The Hall–Kier alpha value is -1.09. The predicted octanol–water partition coefficient (Wildman–Crippen LogP) is 2.94. The highest BCUT2D eigenvalue weighted by Gasteiger charge is 2.34. The molecule has 2 rings (SSSR count). The van der Waals surface area contributed by atoms with E-state index in [4.69, 9.17) is 5.73 Å². The molecule has 2 unspecified atom stereocenters. The number of nitrogens with two attached hydrogens (primary N) is 1. The van der Waals surface area contributed by atoms with Crippen molar-refractivity contribution in [3.63, 3.8) is 0 Å². The fraction of sp³-hybridized carbons (Fsp3) is 0.571. The Kier molecular flexibility index (Phi) is 3.38. The second kappa shape index (κ2) is 4.65. The summed E-state index contributed by atoms with van der Waals surface area (Å²) in [5.41, 5.74) is 7.46. The third-order valence-corrected chi connectivity index (χ3v) is 3.67. The lowest BCUT2D eigenvalue weighted by Gasteiger charge is -2.24. The van der Waals surface area contributed by atoms with Crippen molar-refractivity contribution in [3.05, 3.63) is 29.6 Å². The molecule has 1 aromatic carbocycles. The van der Waals surface area contributed by atoms with Gasteiger partial charge in [0.1, 0.15) is 5.82 Å². The zero-order valence-electron chi connectivity index (χ0n) is 10.8. The van der Waals surface area contributed by atoms with Crippen LogP contribution >= 0.6 is 0 Å². The van der Waals surface area contributed by atoms with Crippen molar-refractivity contribution in [1.29, 1.82) is 0 Å². The topological polar surface area (TPSA) is 29.3 Å². The number of anilines is 1. The number of benzene rings is 1. The highest BCUT2D eigenvalue weighted by atomic mass is 19.1. The first-order chi connectivity index (χ1) is 8.00. The first kappa shape index (κ1) is 12.4. The number of halogens is 1. The summed E-state index contributed by atoms with van der Waals surface area (Å²) < 4.78 is 13.9. The molecule has 0 heterocycles. The van der Waals surface area contributed by atoms with Crippen molar-refractivity contribution >= 4 is 5.69 Å². The summed E-state index contributed by atoms with van der Waals surface area (Å²) >= 11 is 0. The number of para-hydroxylation sites is 1. The Bertz CT molecular complexity index is 403. The lowest BCUT2D eigenvalue weighted by atomic mass is 10.1. The van der Waals surface area contributed by atoms with Crippen LogP contribution in [0.2, 0.25) is 0 Å². The van der Waals surface area contributed by atoms with Crippen molar-refractivity contribution in [3.8, 4) is 0 Å². The Labute approximate surface area is 103 Å². The number of hydrogen-bond acceptors (Lipinski definition) is 2. The van der Waals surface area contributed by atoms with E-state index in [1.807, 2.05) is 24.9 Å². The fourth-order valence-corrected chi connectivity index (χ4v) is 2.40. The summed E-state index contributed by atoms with van der Waals surface area (Å²) in [7, 11) is 1.95. The highest BCUT2D eigenvalue weighted by Crippen LogP contribution is 2.39. The van der Waals surface area contributed by atoms with Gasteiger partial charge in [-0.3, -0.25) is 0 Å². The molecule has 94 valence electrons. The van der Waals surface area contributed by atoms with E-state index in [9.17, 15) is 4.39 Å². The summed E-state index contributed by atoms with van der Waals surface area (Å²) in [4.78, 5) is 2.02. The van der Waals surface area contributed by atoms with E-state index in [0.717, 1.165) is 18.0 Å². The molecule has 0 amide bonds. The van der Waals surface area contributed by atoms with Gasteiger partial charge in [-0.15, -0.1) is 0 Å². The third kappa shape index (κ3) is 2.60. The summed E-state index contributed by atoms with van der Waals surface area (Å²) in [6.45, 7) is 5.06. The van der Waals surface area contributed by atoms with E-state index in [2.05, 4.69) is 6.92 Å². The van der Waals surface area contributed by atoms with E-state index >= 15 is 0 Å². The molecule has 0 aromatic heterocycles. The van der Waals surface area contributed by atoms with Gasteiger partial charge >= 0.3 is 0 Å². The number of hydrogen-bond donors (Lipinski definition) is 1. The van der Waals surface area contributed by atoms with Gasteiger partial charge in [-0.1, -0.05) is 19.1 Å². The van der Waals surface area contributed by atoms with Crippen LogP contribution in [0.1, 0.15) is 31.9 Å². The molecule has 0 bridgehead atoms. The van der Waals surface area contributed by atoms with Crippen LogP contribution in [0.3, 0.4) is 0 Å². The molecule has 1 fully saturated rings. The molecule has 3 heteroatoms. The molecule has 2 nitrogen and oxygen atoms in total. The fourth-order valence-electron chi connectivity index (χ4n) is 2.40. The first-order valence-corrected chi connectivity index (χ1v) is 6.25. The molecule has 0 saturated heterocycles. The highest BCUT2D eigenvalue weighted by molar-refractivity contribution is 5.55. The summed E-state index contributed by atoms with van der Waals surface area (Å²) in [6.07, 6.45) is 1.26. The Morgan fingerprint density at radius 2 is 2.18 bits per heavy atom. The van der Waals surface area contributed by atoms with Gasteiger partial charge in [0, 0.05) is 19.6 Å². The molecule has 0 radical (unpaired) electrons. The van der Waals surface area contributed by atoms with Crippen molar-refractivity contribution < 1.29 is 4.39 Å². The zero-order valence-corrected chi connectivity index (χ0v) is 10.8. The van der Waals surface area contributed by atoms with Crippen molar-refractivity contribution in [1.82, 2.24) is 0 Å². The summed E-state index contributed by atoms with van der Waals surface area (Å²) in [5.74, 6) is 1.32. The van der Waals surface area contributed by atoms with E-state index in [-0.39, 0.29) is 11.9 Å². The van der Waals surface area contributed by atoms with Crippen LogP contribution in [0, 0.1) is 17.7 Å². The second-order valence-electron chi connectivity index (χ2n) is 5.32. The minimum Gasteiger partial charge on any atom is -0.372 e. The largest absolute Gasteiger partial charge is 0.372 e. The van der Waals surface area contributed by atoms with E-state index in [1.54, 1.807) is 6.07 Å². The number of rotatable bonds is 4. The second-order valence-corrected chi connectivity index (χ2v) is 5.32. The van der Waals surface area contributed by atoms with Crippen LogP contribution in [0.4, 0.5) is 10.1 Å². The molecule has 3 atom stereocenters. The Morgan fingerprint density at radius 3 is 2.71 bits per heavy atom. The first-order valence-electron chi connectivity index (χ1n) is 6.25. The molecule has 0 spiro atoms. The van der Waals surface area contributed by atoms with Gasteiger partial charge in [0.25, 0.3) is 0 Å². The maximum absolute atomic E-state index is 13.9. The van der Waals surface area contributed by atoms with Crippen LogP contribution in [0.5, 0.6) is 0 Å². The monoisotopic (exact) mass is 236 g/mol. The molecular weight excluding hydrogens is 215 g/mol. The Morgan fingerprint density at radius 1 is 1.53 bits per heavy atom. The minimum atomic E-state index is -0.171. The normalized spacial score (nSPS) is 24.5. The average Bonchev–Trinajstić information content (AvgIpc) is 2.93. The predicted molar refractivity (Wildman–Crippen MR) is 69.5 cm³/mol. The maximum Gasteiger partial charge on any atom is 0.146 e. The molecule has 1 aromatic rings.